The van der Waals surface area contributed by atoms with Gasteiger partial charge < -0.3 is 19.5 Å². The highest BCUT2D eigenvalue weighted by atomic mass is 16.5. The summed E-state index contributed by atoms with van der Waals surface area (Å²) in [4.78, 5) is 13.4. The molecule has 0 fully saturated rings. The molecule has 3 N–H and O–H groups in total. The molecule has 1 unspecified atom stereocenters. The van der Waals surface area contributed by atoms with Gasteiger partial charge in [0.15, 0.2) is 11.5 Å². The van der Waals surface area contributed by atoms with Crippen molar-refractivity contribution < 1.29 is 19.4 Å². The number of aliphatic hydroxyl groups excluding tert-OH is 1. The van der Waals surface area contributed by atoms with Crippen molar-refractivity contribution in [1.29, 1.82) is 0 Å². The van der Waals surface area contributed by atoms with Gasteiger partial charge >= 0.3 is 0 Å². The van der Waals surface area contributed by atoms with Gasteiger partial charge in [0, 0.05) is 26.6 Å². The van der Waals surface area contributed by atoms with E-state index in [0.29, 0.717) is 18.0 Å². The van der Waals surface area contributed by atoms with Crippen molar-refractivity contribution in [2.45, 2.75) is 51.8 Å². The number of methoxy groups -OCH3 is 1. The highest BCUT2D eigenvalue weighted by Gasteiger charge is 2.21. The number of ether oxygens (including phenoxy) is 2. The SMILES string of the molecule is COc1cc2c(cc1OC(N)CCCCCO)CCN(C(C)=O)C2. The van der Waals surface area contributed by atoms with E-state index in [1.165, 1.54) is 5.56 Å². The van der Waals surface area contributed by atoms with E-state index in [4.69, 9.17) is 20.3 Å². The fourth-order valence-electron chi connectivity index (χ4n) is 2.94. The summed E-state index contributed by atoms with van der Waals surface area (Å²) >= 11 is 0. The maximum atomic E-state index is 11.6. The average molecular weight is 336 g/mol. The smallest absolute Gasteiger partial charge is 0.219 e. The first-order chi connectivity index (χ1) is 11.5. The second-order valence-electron chi connectivity index (χ2n) is 6.19. The van der Waals surface area contributed by atoms with Gasteiger partial charge in [-0.2, -0.15) is 0 Å². The first kappa shape index (κ1) is 18.5. The van der Waals surface area contributed by atoms with Crippen molar-refractivity contribution in [3.8, 4) is 11.5 Å². The number of nitrogens with two attached hydrogens (primary N) is 1. The van der Waals surface area contributed by atoms with Crippen LogP contribution in [0.4, 0.5) is 0 Å². The minimum Gasteiger partial charge on any atom is -0.493 e. The normalized spacial score (nSPS) is 14.9. The van der Waals surface area contributed by atoms with Crippen LogP contribution in [0, 0.1) is 0 Å². The molecule has 1 amide bonds. The number of hydrogen-bond donors (Lipinski definition) is 2. The third-order valence-corrected chi connectivity index (χ3v) is 4.37. The van der Waals surface area contributed by atoms with E-state index in [-0.39, 0.29) is 12.5 Å². The van der Waals surface area contributed by atoms with Gasteiger partial charge in [0.05, 0.1) is 7.11 Å². The Balaban J connectivity index is 2.04. The number of carbonyl (C=O) groups is 1. The van der Waals surface area contributed by atoms with Crippen LogP contribution in [-0.2, 0) is 17.8 Å². The van der Waals surface area contributed by atoms with Crippen molar-refractivity contribution in [1.82, 2.24) is 4.90 Å². The van der Waals surface area contributed by atoms with Crippen molar-refractivity contribution in [3.05, 3.63) is 23.3 Å². The van der Waals surface area contributed by atoms with Crippen LogP contribution in [0.1, 0.15) is 43.7 Å². The summed E-state index contributed by atoms with van der Waals surface area (Å²) in [5.74, 6) is 1.39. The summed E-state index contributed by atoms with van der Waals surface area (Å²) in [6.45, 7) is 3.14. The quantitative estimate of drug-likeness (QED) is 0.559. The van der Waals surface area contributed by atoms with Crippen molar-refractivity contribution in [2.24, 2.45) is 5.73 Å². The predicted octanol–water partition coefficient (Wildman–Crippen LogP) is 1.82. The molecule has 6 nitrogen and oxygen atoms in total. The number of rotatable bonds is 8. The molecule has 0 radical (unpaired) electrons. The third kappa shape index (κ3) is 4.85. The fraction of sp³-hybridized carbons (Fsp3) is 0.611. The molecule has 6 heteroatoms. The van der Waals surface area contributed by atoms with E-state index < -0.39 is 6.23 Å². The average Bonchev–Trinajstić information content (AvgIpc) is 2.57. The standard InChI is InChI=1S/C18H28N2O4/c1-13(22)20-8-7-14-10-17(16(23-2)11-15(14)12-20)24-18(19)6-4-3-5-9-21/h10-11,18,21H,3-9,12,19H2,1-2H3. The molecule has 1 aliphatic heterocycles. The van der Waals surface area contributed by atoms with E-state index >= 15 is 0 Å². The lowest BCUT2D eigenvalue weighted by Crippen LogP contribution is -2.34. The molecule has 1 heterocycles. The topological polar surface area (TPSA) is 85.0 Å². The molecule has 0 aliphatic carbocycles. The van der Waals surface area contributed by atoms with Crippen LogP contribution in [0.15, 0.2) is 12.1 Å². The number of amides is 1. The molecule has 24 heavy (non-hydrogen) atoms. The summed E-state index contributed by atoms with van der Waals surface area (Å²) in [7, 11) is 1.60. The number of fused-ring (bicyclic) bond motifs is 1. The molecule has 0 bridgehead atoms. The van der Waals surface area contributed by atoms with Gasteiger partial charge in [-0.3, -0.25) is 10.5 Å². The monoisotopic (exact) mass is 336 g/mol. The molecule has 1 aliphatic rings. The van der Waals surface area contributed by atoms with Crippen LogP contribution >= 0.6 is 0 Å². The highest BCUT2D eigenvalue weighted by molar-refractivity contribution is 5.73. The van der Waals surface area contributed by atoms with E-state index in [0.717, 1.165) is 44.2 Å². The first-order valence-electron chi connectivity index (χ1n) is 8.53. The minimum atomic E-state index is -0.395. The lowest BCUT2D eigenvalue weighted by atomic mass is 9.99. The Kier molecular flexibility index (Phi) is 6.87. The lowest BCUT2D eigenvalue weighted by Gasteiger charge is -2.29. The Morgan fingerprint density at radius 1 is 1.29 bits per heavy atom. The summed E-state index contributed by atoms with van der Waals surface area (Å²) in [6, 6.07) is 3.93. The molecular weight excluding hydrogens is 308 g/mol. The molecule has 134 valence electrons. The van der Waals surface area contributed by atoms with E-state index in [1.54, 1.807) is 14.0 Å². The Labute approximate surface area is 143 Å². The number of benzene rings is 1. The van der Waals surface area contributed by atoms with Crippen molar-refractivity contribution >= 4 is 5.91 Å². The molecule has 2 rings (SSSR count). The molecule has 0 aromatic heterocycles. The second kappa shape index (κ2) is 8.89. The molecule has 1 atom stereocenters. The van der Waals surface area contributed by atoms with Gasteiger partial charge in [-0.05, 0) is 48.9 Å². The Morgan fingerprint density at radius 2 is 2.04 bits per heavy atom. The molecule has 1 aromatic carbocycles. The second-order valence-corrected chi connectivity index (χ2v) is 6.19. The van der Waals surface area contributed by atoms with Crippen LogP contribution in [0.3, 0.4) is 0 Å². The Morgan fingerprint density at radius 3 is 2.71 bits per heavy atom. The Bertz CT molecular complexity index is 562. The van der Waals surface area contributed by atoms with E-state index in [9.17, 15) is 4.79 Å². The third-order valence-electron chi connectivity index (χ3n) is 4.37. The summed E-state index contributed by atoms with van der Waals surface area (Å²) < 4.78 is 11.3. The zero-order chi connectivity index (χ0) is 17.5. The number of unbranched alkanes of at least 4 members (excludes halogenated alkanes) is 2. The van der Waals surface area contributed by atoms with Crippen molar-refractivity contribution in [2.75, 3.05) is 20.3 Å². The first-order valence-corrected chi connectivity index (χ1v) is 8.53. The zero-order valence-electron chi connectivity index (χ0n) is 14.6. The predicted molar refractivity (Wildman–Crippen MR) is 91.9 cm³/mol. The molecule has 1 aromatic rings. The van der Waals surface area contributed by atoms with E-state index in [2.05, 4.69) is 0 Å². The molecule has 0 spiro atoms. The highest BCUT2D eigenvalue weighted by Crippen LogP contribution is 2.34. The van der Waals surface area contributed by atoms with Crippen LogP contribution in [0.25, 0.3) is 0 Å². The van der Waals surface area contributed by atoms with Crippen LogP contribution in [0.5, 0.6) is 11.5 Å². The van der Waals surface area contributed by atoms with Crippen LogP contribution in [-0.4, -0.2) is 42.4 Å². The Hall–Kier alpha value is -1.79. The zero-order valence-corrected chi connectivity index (χ0v) is 14.6. The summed E-state index contributed by atoms with van der Waals surface area (Å²) in [6.07, 6.45) is 3.80. The largest absolute Gasteiger partial charge is 0.493 e. The van der Waals surface area contributed by atoms with Crippen LogP contribution < -0.4 is 15.2 Å². The number of aliphatic hydroxyl groups is 1. The van der Waals surface area contributed by atoms with Gasteiger partial charge in [-0.1, -0.05) is 6.42 Å². The maximum Gasteiger partial charge on any atom is 0.219 e. The number of nitrogens with zero attached hydrogens (tertiary/aromatic N) is 1. The lowest BCUT2D eigenvalue weighted by molar-refractivity contribution is -0.129. The van der Waals surface area contributed by atoms with Gasteiger partial charge in [-0.15, -0.1) is 0 Å². The number of carbonyl (C=O) groups excluding carboxylic acids is 1. The van der Waals surface area contributed by atoms with Gasteiger partial charge in [0.1, 0.15) is 6.23 Å². The fourth-order valence-corrected chi connectivity index (χ4v) is 2.94. The van der Waals surface area contributed by atoms with Crippen molar-refractivity contribution in [3.63, 3.8) is 0 Å². The molecular formula is C18H28N2O4. The van der Waals surface area contributed by atoms with Crippen LogP contribution in [0.2, 0.25) is 0 Å². The van der Waals surface area contributed by atoms with Gasteiger partial charge in [0.25, 0.3) is 0 Å². The molecule has 0 saturated carbocycles. The summed E-state index contributed by atoms with van der Waals surface area (Å²) in [5, 5.41) is 8.80. The maximum absolute atomic E-state index is 11.6. The summed E-state index contributed by atoms with van der Waals surface area (Å²) in [5.41, 5.74) is 8.33. The number of hydrogen-bond acceptors (Lipinski definition) is 5. The van der Waals surface area contributed by atoms with E-state index in [1.807, 2.05) is 17.0 Å². The van der Waals surface area contributed by atoms with Gasteiger partial charge in [0.2, 0.25) is 5.91 Å². The molecule has 0 saturated heterocycles. The minimum absolute atomic E-state index is 0.0878. The van der Waals surface area contributed by atoms with Gasteiger partial charge in [-0.25, -0.2) is 0 Å².